The lowest BCUT2D eigenvalue weighted by molar-refractivity contribution is 0.0526. The zero-order valence-corrected chi connectivity index (χ0v) is 20.0. The number of hydrogen-bond donors (Lipinski definition) is 0. The van der Waals surface area contributed by atoms with E-state index in [0.29, 0.717) is 39.3 Å². The summed E-state index contributed by atoms with van der Waals surface area (Å²) in [6.45, 7) is 3.45. The lowest BCUT2D eigenvalue weighted by Gasteiger charge is -2.11. The highest BCUT2D eigenvalue weighted by Crippen LogP contribution is 2.28. The predicted octanol–water partition coefficient (Wildman–Crippen LogP) is 5.34. The number of benzene rings is 3. The van der Waals surface area contributed by atoms with Gasteiger partial charge in [0.15, 0.2) is 12.4 Å². The van der Waals surface area contributed by atoms with E-state index in [9.17, 15) is 14.4 Å². The minimum Gasteiger partial charge on any atom is -0.497 e. The van der Waals surface area contributed by atoms with Gasteiger partial charge >= 0.3 is 5.97 Å². The third-order valence-corrected chi connectivity index (χ3v) is 5.35. The normalized spacial score (nSPS) is 10.6. The van der Waals surface area contributed by atoms with E-state index in [-0.39, 0.29) is 35.9 Å². The summed E-state index contributed by atoms with van der Waals surface area (Å²) in [5, 5.41) is 0.299. The highest BCUT2D eigenvalue weighted by Gasteiger charge is 2.16. The van der Waals surface area contributed by atoms with Crippen LogP contribution in [0.1, 0.15) is 33.4 Å². The SMILES string of the molecule is CCOC(=O)c1ccc(Oc2c(C)oc3cc(OCC(=O)c4ccc(OC)cc4)ccc3c2=O)cc1. The summed E-state index contributed by atoms with van der Waals surface area (Å²) >= 11 is 0. The van der Waals surface area contributed by atoms with E-state index in [1.165, 1.54) is 0 Å². The van der Waals surface area contributed by atoms with E-state index in [0.717, 1.165) is 0 Å². The van der Waals surface area contributed by atoms with Crippen LogP contribution in [0.25, 0.3) is 11.0 Å². The Labute approximate surface area is 207 Å². The second-order valence-electron chi connectivity index (χ2n) is 7.76. The van der Waals surface area contributed by atoms with Crippen LogP contribution >= 0.6 is 0 Å². The van der Waals surface area contributed by atoms with Crippen molar-refractivity contribution >= 4 is 22.7 Å². The molecule has 3 aromatic carbocycles. The van der Waals surface area contributed by atoms with Crippen molar-refractivity contribution < 1.29 is 33.0 Å². The Kier molecular flexibility index (Phi) is 7.34. The molecule has 184 valence electrons. The molecule has 4 rings (SSSR count). The van der Waals surface area contributed by atoms with Gasteiger partial charge in [-0.05, 0) is 74.5 Å². The van der Waals surface area contributed by atoms with Crippen LogP contribution < -0.4 is 19.6 Å². The molecule has 0 unspecified atom stereocenters. The Morgan fingerprint density at radius 2 is 1.50 bits per heavy atom. The van der Waals surface area contributed by atoms with E-state index in [1.807, 2.05) is 0 Å². The Balaban J connectivity index is 1.49. The molecule has 0 aliphatic carbocycles. The van der Waals surface area contributed by atoms with Crippen LogP contribution in [0, 0.1) is 6.92 Å². The van der Waals surface area contributed by atoms with E-state index >= 15 is 0 Å². The van der Waals surface area contributed by atoms with Crippen LogP contribution in [0.4, 0.5) is 0 Å². The number of methoxy groups -OCH3 is 1. The number of esters is 1. The topological polar surface area (TPSA) is 101 Å². The number of ether oxygens (including phenoxy) is 4. The number of aryl methyl sites for hydroxylation is 1. The molecule has 0 saturated carbocycles. The molecule has 0 fully saturated rings. The molecule has 36 heavy (non-hydrogen) atoms. The number of carbonyl (C=O) groups is 2. The summed E-state index contributed by atoms with van der Waals surface area (Å²) in [4.78, 5) is 37.3. The maximum Gasteiger partial charge on any atom is 0.338 e. The minimum atomic E-state index is -0.436. The van der Waals surface area contributed by atoms with Gasteiger partial charge in [0.25, 0.3) is 0 Å². The molecule has 8 nitrogen and oxygen atoms in total. The van der Waals surface area contributed by atoms with Crippen LogP contribution in [0.3, 0.4) is 0 Å². The minimum absolute atomic E-state index is 0.0368. The molecule has 0 atom stereocenters. The Morgan fingerprint density at radius 3 is 2.17 bits per heavy atom. The maximum absolute atomic E-state index is 13.1. The van der Waals surface area contributed by atoms with Gasteiger partial charge in [0, 0.05) is 11.6 Å². The summed E-state index contributed by atoms with van der Waals surface area (Å²) in [7, 11) is 1.56. The smallest absolute Gasteiger partial charge is 0.338 e. The van der Waals surface area contributed by atoms with Gasteiger partial charge in [-0.3, -0.25) is 9.59 Å². The van der Waals surface area contributed by atoms with Crippen LogP contribution in [0.15, 0.2) is 75.9 Å². The summed E-state index contributed by atoms with van der Waals surface area (Å²) in [5.74, 6) is 1.08. The number of Topliss-reactive ketones (excluding diaryl/α,β-unsaturated/α-hetero) is 1. The third-order valence-electron chi connectivity index (χ3n) is 5.35. The van der Waals surface area contributed by atoms with Crippen molar-refractivity contribution in [2.75, 3.05) is 20.3 Å². The van der Waals surface area contributed by atoms with E-state index in [2.05, 4.69) is 0 Å². The van der Waals surface area contributed by atoms with Gasteiger partial charge in [-0.25, -0.2) is 4.79 Å². The quantitative estimate of drug-likeness (QED) is 0.230. The molecule has 0 radical (unpaired) electrons. The van der Waals surface area contributed by atoms with Crippen LogP contribution in [0.2, 0.25) is 0 Å². The average Bonchev–Trinajstić information content (AvgIpc) is 2.90. The van der Waals surface area contributed by atoms with Crippen molar-refractivity contribution in [2.24, 2.45) is 0 Å². The Morgan fingerprint density at radius 1 is 0.861 bits per heavy atom. The molecule has 1 aromatic heterocycles. The number of carbonyl (C=O) groups excluding carboxylic acids is 2. The van der Waals surface area contributed by atoms with Gasteiger partial charge in [-0.1, -0.05) is 0 Å². The van der Waals surface area contributed by atoms with Gasteiger partial charge in [-0.2, -0.15) is 0 Å². The van der Waals surface area contributed by atoms with E-state index in [1.54, 1.807) is 87.7 Å². The maximum atomic E-state index is 13.1. The Bertz CT molecular complexity index is 1450. The van der Waals surface area contributed by atoms with Gasteiger partial charge in [-0.15, -0.1) is 0 Å². The fourth-order valence-electron chi connectivity index (χ4n) is 3.48. The van der Waals surface area contributed by atoms with Crippen molar-refractivity contribution in [2.45, 2.75) is 13.8 Å². The molecule has 8 heteroatoms. The number of fused-ring (bicyclic) bond motifs is 1. The zero-order chi connectivity index (χ0) is 25.7. The third kappa shape index (κ3) is 5.38. The van der Waals surface area contributed by atoms with E-state index < -0.39 is 5.97 Å². The monoisotopic (exact) mass is 488 g/mol. The Hall–Kier alpha value is -4.59. The lowest BCUT2D eigenvalue weighted by Crippen LogP contribution is -2.12. The van der Waals surface area contributed by atoms with Crippen molar-refractivity contribution in [3.8, 4) is 23.0 Å². The molecular formula is C28H24O8. The highest BCUT2D eigenvalue weighted by molar-refractivity contribution is 5.97. The first-order valence-corrected chi connectivity index (χ1v) is 11.2. The largest absolute Gasteiger partial charge is 0.497 e. The molecule has 0 aliphatic rings. The van der Waals surface area contributed by atoms with E-state index in [4.69, 9.17) is 23.4 Å². The first-order chi connectivity index (χ1) is 17.4. The second-order valence-corrected chi connectivity index (χ2v) is 7.76. The predicted molar refractivity (Wildman–Crippen MR) is 133 cm³/mol. The van der Waals surface area contributed by atoms with Gasteiger partial charge in [0.2, 0.25) is 11.2 Å². The second kappa shape index (κ2) is 10.8. The van der Waals surface area contributed by atoms with Crippen molar-refractivity contribution in [3.63, 3.8) is 0 Å². The van der Waals surface area contributed by atoms with Crippen LogP contribution in [-0.4, -0.2) is 32.1 Å². The number of rotatable bonds is 9. The van der Waals surface area contributed by atoms with Crippen molar-refractivity contribution in [1.29, 1.82) is 0 Å². The average molecular weight is 488 g/mol. The molecule has 0 saturated heterocycles. The molecule has 1 heterocycles. The summed E-state index contributed by atoms with van der Waals surface area (Å²) in [6.07, 6.45) is 0. The molecule has 0 aliphatic heterocycles. The summed E-state index contributed by atoms with van der Waals surface area (Å²) in [5.41, 5.74) is 0.821. The van der Waals surface area contributed by atoms with Crippen molar-refractivity contribution in [3.05, 3.63) is 93.8 Å². The number of ketones is 1. The molecular weight excluding hydrogens is 464 g/mol. The van der Waals surface area contributed by atoms with Gasteiger partial charge in [0.05, 0.1) is 24.7 Å². The molecule has 0 bridgehead atoms. The first-order valence-electron chi connectivity index (χ1n) is 11.2. The summed E-state index contributed by atoms with van der Waals surface area (Å²) in [6, 6.07) is 17.7. The molecule has 0 N–H and O–H groups in total. The summed E-state index contributed by atoms with van der Waals surface area (Å²) < 4.78 is 27.3. The lowest BCUT2D eigenvalue weighted by atomic mass is 10.1. The standard InChI is InChI=1S/C28H24O8/c1-4-33-28(31)19-7-11-21(12-8-19)36-27-17(2)35-25-15-22(13-14-23(25)26(27)30)34-16-24(29)18-5-9-20(32-3)10-6-18/h5-15H,4,16H2,1-3H3. The molecule has 0 amide bonds. The van der Waals surface area contributed by atoms with Crippen molar-refractivity contribution in [1.82, 2.24) is 0 Å². The fourth-order valence-corrected chi connectivity index (χ4v) is 3.48. The molecule has 4 aromatic rings. The van der Waals surface area contributed by atoms with Gasteiger partial charge < -0.3 is 23.4 Å². The fraction of sp³-hybridized carbons (Fsp3) is 0.179. The number of hydrogen-bond acceptors (Lipinski definition) is 8. The van der Waals surface area contributed by atoms with Crippen LogP contribution in [-0.2, 0) is 4.74 Å². The first kappa shape index (κ1) is 24.5. The molecule has 0 spiro atoms. The zero-order valence-electron chi connectivity index (χ0n) is 20.0. The van der Waals surface area contributed by atoms with Gasteiger partial charge in [0.1, 0.15) is 28.6 Å². The highest BCUT2D eigenvalue weighted by atomic mass is 16.5. The van der Waals surface area contributed by atoms with Crippen LogP contribution in [0.5, 0.6) is 23.0 Å².